The Morgan fingerprint density at radius 1 is 1.17 bits per heavy atom. The molecule has 1 aliphatic rings. The van der Waals surface area contributed by atoms with E-state index in [1.54, 1.807) is 18.2 Å². The van der Waals surface area contributed by atoms with Gasteiger partial charge in [-0.2, -0.15) is 18.2 Å². The molecule has 1 atom stereocenters. The van der Waals surface area contributed by atoms with Crippen molar-refractivity contribution in [2.75, 3.05) is 0 Å². The van der Waals surface area contributed by atoms with Gasteiger partial charge in [0.25, 0.3) is 0 Å². The summed E-state index contributed by atoms with van der Waals surface area (Å²) in [5.41, 5.74) is 5.73. The van der Waals surface area contributed by atoms with Gasteiger partial charge >= 0.3 is 6.18 Å². The fourth-order valence-electron chi connectivity index (χ4n) is 3.05. The number of hydrogen-bond donors (Lipinski definition) is 1. The van der Waals surface area contributed by atoms with Gasteiger partial charge in [-0.1, -0.05) is 48.3 Å². The number of hydrogen-bond acceptors (Lipinski definition) is 4. The number of halogens is 4. The van der Waals surface area contributed by atoms with Crippen LogP contribution >= 0.6 is 12.4 Å². The van der Waals surface area contributed by atoms with Crippen LogP contribution in [0.5, 0.6) is 0 Å². The highest BCUT2D eigenvalue weighted by atomic mass is 35.5. The zero-order chi connectivity index (χ0) is 16.5. The van der Waals surface area contributed by atoms with Crippen molar-refractivity contribution in [2.24, 2.45) is 5.73 Å². The molecule has 4 nitrogen and oxygen atoms in total. The first kappa shape index (κ1) is 18.7. The van der Waals surface area contributed by atoms with Crippen molar-refractivity contribution in [2.45, 2.75) is 49.7 Å². The van der Waals surface area contributed by atoms with E-state index in [4.69, 9.17) is 10.3 Å². The normalized spacial score (nSPS) is 18.2. The minimum Gasteiger partial charge on any atom is -0.339 e. The Morgan fingerprint density at radius 2 is 1.79 bits per heavy atom. The first-order chi connectivity index (χ1) is 10.9. The van der Waals surface area contributed by atoms with Crippen LogP contribution in [-0.4, -0.2) is 16.3 Å². The van der Waals surface area contributed by atoms with Crippen LogP contribution in [0.3, 0.4) is 0 Å². The van der Waals surface area contributed by atoms with Gasteiger partial charge in [0, 0.05) is 6.42 Å². The quantitative estimate of drug-likeness (QED) is 0.890. The average molecular weight is 362 g/mol. The van der Waals surface area contributed by atoms with E-state index < -0.39 is 17.6 Å². The molecular weight excluding hydrogens is 343 g/mol. The van der Waals surface area contributed by atoms with Crippen LogP contribution in [0.15, 0.2) is 34.9 Å². The lowest BCUT2D eigenvalue weighted by atomic mass is 9.95. The summed E-state index contributed by atoms with van der Waals surface area (Å²) in [5.74, 6) is -1.38. The van der Waals surface area contributed by atoms with Crippen molar-refractivity contribution in [3.63, 3.8) is 0 Å². The van der Waals surface area contributed by atoms with E-state index in [2.05, 4.69) is 10.1 Å². The predicted octanol–water partition coefficient (Wildman–Crippen LogP) is 4.11. The van der Waals surface area contributed by atoms with Gasteiger partial charge < -0.3 is 10.3 Å². The molecule has 1 aliphatic carbocycles. The Balaban J connectivity index is 0.00000208. The lowest BCUT2D eigenvalue weighted by Crippen LogP contribution is -2.34. The first-order valence-electron chi connectivity index (χ1n) is 7.62. The zero-order valence-corrected chi connectivity index (χ0v) is 13.7. The molecular formula is C16H19ClF3N3O. The van der Waals surface area contributed by atoms with Gasteiger partial charge in [0.2, 0.25) is 5.89 Å². The summed E-state index contributed by atoms with van der Waals surface area (Å²) >= 11 is 0. The third-order valence-corrected chi connectivity index (χ3v) is 4.39. The van der Waals surface area contributed by atoms with Crippen molar-refractivity contribution in [3.8, 4) is 0 Å². The maximum Gasteiger partial charge on any atom is 0.396 e. The van der Waals surface area contributed by atoms with Crippen molar-refractivity contribution in [3.05, 3.63) is 47.6 Å². The minimum absolute atomic E-state index is 0. The van der Waals surface area contributed by atoms with Crippen molar-refractivity contribution in [1.82, 2.24) is 10.1 Å². The van der Waals surface area contributed by atoms with Gasteiger partial charge in [-0.15, -0.1) is 12.4 Å². The van der Waals surface area contributed by atoms with Crippen LogP contribution in [0.2, 0.25) is 0 Å². The summed E-state index contributed by atoms with van der Waals surface area (Å²) in [6.07, 6.45) is -1.37. The summed E-state index contributed by atoms with van der Waals surface area (Å²) < 4.78 is 45.1. The van der Waals surface area contributed by atoms with E-state index in [-0.39, 0.29) is 30.3 Å². The standard InChI is InChI=1S/C16H18F3N3O.ClH/c17-16(18,19)12(11-6-2-1-3-7-11)10-13-21-14(22-23-13)15(20)8-4-5-9-15;/h1-3,6-7,12H,4-5,8-10,20H2;1H. The summed E-state index contributed by atoms with van der Waals surface area (Å²) in [4.78, 5) is 4.14. The van der Waals surface area contributed by atoms with Crippen LogP contribution in [0.4, 0.5) is 13.2 Å². The highest BCUT2D eigenvalue weighted by molar-refractivity contribution is 5.85. The molecule has 1 unspecified atom stereocenters. The minimum atomic E-state index is -4.39. The predicted molar refractivity (Wildman–Crippen MR) is 84.8 cm³/mol. The van der Waals surface area contributed by atoms with Crippen molar-refractivity contribution < 1.29 is 17.7 Å². The molecule has 132 valence electrons. The Morgan fingerprint density at radius 3 is 2.38 bits per heavy atom. The smallest absolute Gasteiger partial charge is 0.339 e. The Labute approximate surface area is 144 Å². The summed E-state index contributed by atoms with van der Waals surface area (Å²) in [6, 6.07) is 7.76. The molecule has 0 saturated heterocycles. The van der Waals surface area contributed by atoms with Gasteiger partial charge in [-0.3, -0.25) is 0 Å². The second kappa shape index (κ2) is 7.11. The average Bonchev–Trinajstić information content (AvgIpc) is 3.14. The van der Waals surface area contributed by atoms with Crippen LogP contribution < -0.4 is 5.73 Å². The Hall–Kier alpha value is -1.60. The Kier molecular flexibility index (Phi) is 5.55. The molecule has 1 fully saturated rings. The molecule has 2 N–H and O–H groups in total. The fraction of sp³-hybridized carbons (Fsp3) is 0.500. The molecule has 3 rings (SSSR count). The van der Waals surface area contributed by atoms with E-state index in [9.17, 15) is 13.2 Å². The van der Waals surface area contributed by atoms with Gasteiger partial charge in [-0.05, 0) is 18.4 Å². The summed E-state index contributed by atoms with van der Waals surface area (Å²) in [6.45, 7) is 0. The van der Waals surface area contributed by atoms with Crippen LogP contribution in [0.25, 0.3) is 0 Å². The van der Waals surface area contributed by atoms with Gasteiger partial charge in [0.15, 0.2) is 5.82 Å². The van der Waals surface area contributed by atoms with Crippen molar-refractivity contribution >= 4 is 12.4 Å². The molecule has 1 saturated carbocycles. The largest absolute Gasteiger partial charge is 0.396 e. The van der Waals surface area contributed by atoms with Crippen molar-refractivity contribution in [1.29, 1.82) is 0 Å². The van der Waals surface area contributed by atoms with E-state index in [0.717, 1.165) is 25.7 Å². The van der Waals surface area contributed by atoms with E-state index in [1.165, 1.54) is 12.1 Å². The Bertz CT molecular complexity index is 654. The van der Waals surface area contributed by atoms with Gasteiger partial charge in [0.05, 0.1) is 11.5 Å². The van der Waals surface area contributed by atoms with Crippen LogP contribution in [0.1, 0.15) is 48.9 Å². The number of benzene rings is 1. The molecule has 24 heavy (non-hydrogen) atoms. The van der Waals surface area contributed by atoms with E-state index in [1.807, 2.05) is 0 Å². The summed E-state index contributed by atoms with van der Waals surface area (Å²) in [7, 11) is 0. The molecule has 1 aromatic carbocycles. The second-order valence-electron chi connectivity index (χ2n) is 6.08. The molecule has 0 amide bonds. The highest BCUT2D eigenvalue weighted by Gasteiger charge is 2.42. The maximum atomic E-state index is 13.4. The van der Waals surface area contributed by atoms with E-state index in [0.29, 0.717) is 5.82 Å². The molecule has 2 aromatic rings. The van der Waals surface area contributed by atoms with Gasteiger partial charge in [-0.25, -0.2) is 0 Å². The van der Waals surface area contributed by atoms with Gasteiger partial charge in [0.1, 0.15) is 0 Å². The van der Waals surface area contributed by atoms with Crippen LogP contribution in [0, 0.1) is 0 Å². The van der Waals surface area contributed by atoms with E-state index >= 15 is 0 Å². The summed E-state index contributed by atoms with van der Waals surface area (Å²) in [5, 5.41) is 3.82. The molecule has 0 bridgehead atoms. The number of nitrogens with zero attached hydrogens (tertiary/aromatic N) is 2. The lowest BCUT2D eigenvalue weighted by Gasteiger charge is -2.19. The molecule has 0 spiro atoms. The molecule has 8 heteroatoms. The first-order valence-corrected chi connectivity index (χ1v) is 7.62. The molecule has 1 heterocycles. The molecule has 0 aliphatic heterocycles. The number of aromatic nitrogens is 2. The maximum absolute atomic E-state index is 13.4. The molecule has 1 aromatic heterocycles. The van der Waals surface area contributed by atoms with Crippen LogP contribution in [-0.2, 0) is 12.0 Å². The third-order valence-electron chi connectivity index (χ3n) is 4.39. The molecule has 0 radical (unpaired) electrons. The third kappa shape index (κ3) is 3.89. The zero-order valence-electron chi connectivity index (χ0n) is 12.9. The second-order valence-corrected chi connectivity index (χ2v) is 6.08. The highest BCUT2D eigenvalue weighted by Crippen LogP contribution is 2.38. The topological polar surface area (TPSA) is 64.9 Å². The number of alkyl halides is 3. The monoisotopic (exact) mass is 361 g/mol. The SMILES string of the molecule is Cl.NC1(c2noc(CC(c3ccccc3)C(F)(F)F)n2)CCCC1. The number of nitrogens with two attached hydrogens (primary N) is 1. The number of rotatable bonds is 4. The fourth-order valence-corrected chi connectivity index (χ4v) is 3.05. The lowest BCUT2D eigenvalue weighted by molar-refractivity contribution is -0.151.